The minimum atomic E-state index is -0.494. The van der Waals surface area contributed by atoms with Crippen molar-refractivity contribution < 1.29 is 23.8 Å². The number of piperidine rings is 1. The van der Waals surface area contributed by atoms with Crippen LogP contribution < -0.4 is 10.9 Å². The molecule has 1 aliphatic heterocycles. The summed E-state index contributed by atoms with van der Waals surface area (Å²) < 4.78 is 10.8. The number of rotatable bonds is 6. The monoisotopic (exact) mass is 466 g/mol. The zero-order valence-electron chi connectivity index (χ0n) is 19.5. The van der Waals surface area contributed by atoms with Crippen molar-refractivity contribution in [2.75, 3.05) is 32.1 Å². The van der Waals surface area contributed by atoms with Crippen LogP contribution in [0.5, 0.6) is 0 Å². The minimum absolute atomic E-state index is 0.0387. The third-order valence-corrected chi connectivity index (χ3v) is 5.82. The molecule has 2 aromatic carbocycles. The Labute approximate surface area is 198 Å². The average Bonchev–Trinajstić information content (AvgIpc) is 2.84. The van der Waals surface area contributed by atoms with Crippen LogP contribution in [0.1, 0.15) is 24.8 Å². The Balaban J connectivity index is 0.00000103. The number of carboxylic acid groups (broad SMARTS) is 1. The number of hydrogen-bond acceptors (Lipinski definition) is 6. The van der Waals surface area contributed by atoms with Gasteiger partial charge in [0.05, 0.1) is 6.61 Å². The van der Waals surface area contributed by atoms with Crippen molar-refractivity contribution in [3.8, 4) is 11.1 Å². The number of nitrogens with zero attached hydrogens (tertiary/aromatic N) is 1. The predicted molar refractivity (Wildman–Crippen MR) is 131 cm³/mol. The maximum atomic E-state index is 13.0. The Hall–Kier alpha value is -3.65. The van der Waals surface area contributed by atoms with Gasteiger partial charge in [0.1, 0.15) is 11.6 Å². The number of nitrogens with one attached hydrogen (secondary N) is 1. The van der Waals surface area contributed by atoms with Gasteiger partial charge in [-0.15, -0.1) is 0 Å². The second-order valence-electron chi connectivity index (χ2n) is 8.15. The number of fused-ring (bicyclic) bond motifs is 1. The predicted octanol–water partition coefficient (Wildman–Crippen LogP) is 3.91. The Kier molecular flexibility index (Phi) is 8.81. The van der Waals surface area contributed by atoms with Crippen molar-refractivity contribution in [1.29, 1.82) is 0 Å². The maximum Gasteiger partial charge on any atom is 0.336 e. The molecule has 0 saturated carbocycles. The highest BCUT2D eigenvalue weighted by Crippen LogP contribution is 2.31. The van der Waals surface area contributed by atoms with Crippen molar-refractivity contribution in [1.82, 2.24) is 4.90 Å². The van der Waals surface area contributed by atoms with Crippen molar-refractivity contribution in [2.45, 2.75) is 32.2 Å². The van der Waals surface area contributed by atoms with E-state index in [2.05, 4.69) is 5.32 Å². The van der Waals surface area contributed by atoms with Crippen molar-refractivity contribution in [3.63, 3.8) is 0 Å². The van der Waals surface area contributed by atoms with E-state index in [4.69, 9.17) is 19.1 Å². The number of methoxy groups -OCH3 is 1. The molecule has 8 nitrogen and oxygen atoms in total. The number of ether oxygens (including phenoxy) is 1. The topological polar surface area (TPSA) is 109 Å². The molecule has 8 heteroatoms. The third kappa shape index (κ3) is 6.02. The fourth-order valence-electron chi connectivity index (χ4n) is 4.23. The van der Waals surface area contributed by atoms with Crippen LogP contribution in [0.4, 0.5) is 5.69 Å². The van der Waals surface area contributed by atoms with E-state index in [9.17, 15) is 9.59 Å². The van der Waals surface area contributed by atoms with Crippen LogP contribution in [0, 0.1) is 6.92 Å². The summed E-state index contributed by atoms with van der Waals surface area (Å²) in [5.41, 5.74) is 3.72. The zero-order valence-corrected chi connectivity index (χ0v) is 19.5. The molecule has 2 heterocycles. The van der Waals surface area contributed by atoms with Crippen LogP contribution in [0.25, 0.3) is 22.1 Å². The minimum Gasteiger partial charge on any atom is -0.483 e. The molecule has 1 atom stereocenters. The smallest absolute Gasteiger partial charge is 0.336 e. The highest BCUT2D eigenvalue weighted by molar-refractivity contribution is 5.95. The van der Waals surface area contributed by atoms with Gasteiger partial charge in [0.2, 0.25) is 5.91 Å². The first-order chi connectivity index (χ1) is 16.5. The van der Waals surface area contributed by atoms with Gasteiger partial charge in [-0.1, -0.05) is 24.3 Å². The van der Waals surface area contributed by atoms with E-state index in [1.807, 2.05) is 48.2 Å². The molecule has 0 radical (unpaired) electrons. The molecule has 4 rings (SSSR count). The SMILES string of the molecule is COCC(Nc1ccc2c(-c3ccccc3C)cc(=O)oc2c1)C(=O)N1CCCCC1.O=CO. The number of carbonyl (C=O) groups excluding carboxylic acids is 1. The van der Waals surface area contributed by atoms with E-state index in [0.717, 1.165) is 48.0 Å². The van der Waals surface area contributed by atoms with Gasteiger partial charge in [-0.25, -0.2) is 4.79 Å². The lowest BCUT2D eigenvalue weighted by Gasteiger charge is -2.31. The molecule has 3 aromatic rings. The zero-order chi connectivity index (χ0) is 24.5. The molecule has 0 bridgehead atoms. The number of benzene rings is 2. The van der Waals surface area contributed by atoms with Crippen molar-refractivity contribution in [3.05, 3.63) is 64.5 Å². The molecule has 1 aromatic heterocycles. The third-order valence-electron chi connectivity index (χ3n) is 5.82. The first kappa shape index (κ1) is 25.0. The molecule has 1 aliphatic rings. The Bertz CT molecular complexity index is 1180. The summed E-state index contributed by atoms with van der Waals surface area (Å²) in [6.45, 7) is 3.61. The van der Waals surface area contributed by atoms with Crippen LogP contribution in [-0.4, -0.2) is 55.2 Å². The summed E-state index contributed by atoms with van der Waals surface area (Å²) in [4.78, 5) is 35.5. The van der Waals surface area contributed by atoms with Crippen molar-refractivity contribution >= 4 is 29.0 Å². The fraction of sp³-hybridized carbons (Fsp3) is 0.346. The Morgan fingerprint density at radius 1 is 1.15 bits per heavy atom. The number of amides is 1. The standard InChI is InChI=1S/C25H28N2O4.CH2O2/c1-17-8-4-5-9-19(17)21-15-24(28)31-23-14-18(10-11-20(21)23)26-22(16-30-2)25(29)27-12-6-3-7-13-27;2-1-3/h4-5,8-11,14-15,22,26H,3,6-7,12-13,16H2,1-2H3;1H,(H,2,3). The summed E-state index contributed by atoms with van der Waals surface area (Å²) in [6.07, 6.45) is 3.24. The number of likely N-dealkylation sites (tertiary alicyclic amines) is 1. The fourth-order valence-corrected chi connectivity index (χ4v) is 4.23. The number of aryl methyl sites for hydroxylation is 1. The second kappa shape index (κ2) is 12.0. The van der Waals surface area contributed by atoms with Crippen molar-refractivity contribution in [2.24, 2.45) is 0 Å². The lowest BCUT2D eigenvalue weighted by atomic mass is 9.98. The molecule has 2 N–H and O–H groups in total. The molecule has 1 saturated heterocycles. The van der Waals surface area contributed by atoms with E-state index >= 15 is 0 Å². The molecule has 180 valence electrons. The van der Waals surface area contributed by atoms with Gasteiger partial charge in [-0.2, -0.15) is 0 Å². The van der Waals surface area contributed by atoms with E-state index in [0.29, 0.717) is 11.3 Å². The molecule has 1 amide bonds. The summed E-state index contributed by atoms with van der Waals surface area (Å²) in [5.74, 6) is 0.0387. The van der Waals surface area contributed by atoms with Crippen LogP contribution in [-0.2, 0) is 14.3 Å². The van der Waals surface area contributed by atoms with E-state index in [1.54, 1.807) is 13.2 Å². The normalized spacial score (nSPS) is 14.1. The molecule has 1 fully saturated rings. The Morgan fingerprint density at radius 3 is 2.53 bits per heavy atom. The lowest BCUT2D eigenvalue weighted by molar-refractivity contribution is -0.134. The molecular formula is C26H30N2O6. The highest BCUT2D eigenvalue weighted by Gasteiger charge is 2.25. The first-order valence-electron chi connectivity index (χ1n) is 11.2. The largest absolute Gasteiger partial charge is 0.483 e. The van der Waals surface area contributed by atoms with Crippen LogP contribution in [0.2, 0.25) is 0 Å². The molecule has 34 heavy (non-hydrogen) atoms. The average molecular weight is 467 g/mol. The summed E-state index contributed by atoms with van der Waals surface area (Å²) >= 11 is 0. The van der Waals surface area contributed by atoms with Gasteiger partial charge in [0, 0.05) is 49.0 Å². The van der Waals surface area contributed by atoms with Gasteiger partial charge >= 0.3 is 5.63 Å². The molecule has 0 aliphatic carbocycles. The van der Waals surface area contributed by atoms with Crippen LogP contribution in [0.15, 0.2) is 57.7 Å². The summed E-state index contributed by atoms with van der Waals surface area (Å²) in [6, 6.07) is 14.6. The summed E-state index contributed by atoms with van der Waals surface area (Å²) in [7, 11) is 1.59. The molecule has 1 unspecified atom stereocenters. The van der Waals surface area contributed by atoms with E-state index < -0.39 is 11.7 Å². The van der Waals surface area contributed by atoms with E-state index in [-0.39, 0.29) is 19.0 Å². The van der Waals surface area contributed by atoms with Crippen LogP contribution in [0.3, 0.4) is 0 Å². The van der Waals surface area contributed by atoms with Gasteiger partial charge in [0.15, 0.2) is 0 Å². The molecule has 0 spiro atoms. The number of hydrogen-bond donors (Lipinski definition) is 2. The highest BCUT2D eigenvalue weighted by atomic mass is 16.5. The number of anilines is 1. The lowest BCUT2D eigenvalue weighted by Crippen LogP contribution is -2.47. The quantitative estimate of drug-likeness (QED) is 0.419. The number of carbonyl (C=O) groups is 2. The van der Waals surface area contributed by atoms with Gasteiger partial charge < -0.3 is 24.5 Å². The van der Waals surface area contributed by atoms with Gasteiger partial charge in [0.25, 0.3) is 6.47 Å². The second-order valence-corrected chi connectivity index (χ2v) is 8.15. The maximum absolute atomic E-state index is 13.0. The van der Waals surface area contributed by atoms with Crippen LogP contribution >= 0.6 is 0 Å². The first-order valence-corrected chi connectivity index (χ1v) is 11.2. The summed E-state index contributed by atoms with van der Waals surface area (Å²) in [5, 5.41) is 11.0. The van der Waals surface area contributed by atoms with Gasteiger partial charge in [-0.3, -0.25) is 9.59 Å². The van der Waals surface area contributed by atoms with Gasteiger partial charge in [-0.05, 0) is 49.4 Å². The van der Waals surface area contributed by atoms with E-state index in [1.165, 1.54) is 12.5 Å². The molecular weight excluding hydrogens is 436 g/mol. The Morgan fingerprint density at radius 2 is 1.85 bits per heavy atom.